The van der Waals surface area contributed by atoms with Crippen molar-refractivity contribution in [1.29, 1.82) is 5.26 Å². The Morgan fingerprint density at radius 2 is 2.19 bits per heavy atom. The van der Waals surface area contributed by atoms with E-state index in [1.54, 1.807) is 0 Å². The smallest absolute Gasteiger partial charge is 0.266 e. The average molecular weight is 298 g/mol. The van der Waals surface area contributed by atoms with Crippen molar-refractivity contribution in [3.63, 3.8) is 0 Å². The molecule has 5 heteroatoms. The van der Waals surface area contributed by atoms with E-state index >= 15 is 0 Å². The lowest BCUT2D eigenvalue weighted by molar-refractivity contribution is -0.122. The highest BCUT2D eigenvalue weighted by Gasteiger charge is 2.29. The van der Waals surface area contributed by atoms with Crippen LogP contribution in [0.2, 0.25) is 0 Å². The predicted octanol–water partition coefficient (Wildman–Crippen LogP) is 3.18. The molecule has 0 bridgehead atoms. The molecule has 1 amide bonds. The Labute approximate surface area is 127 Å². The van der Waals surface area contributed by atoms with Crippen LogP contribution in [0.5, 0.6) is 5.75 Å². The van der Waals surface area contributed by atoms with E-state index in [4.69, 9.17) is 4.74 Å². The van der Waals surface area contributed by atoms with Crippen molar-refractivity contribution < 1.29 is 9.53 Å². The predicted molar refractivity (Wildman–Crippen MR) is 81.7 cm³/mol. The molecule has 0 unspecified atom stereocenters. The zero-order valence-corrected chi connectivity index (χ0v) is 12.6. The third-order valence-corrected chi connectivity index (χ3v) is 4.80. The first-order valence-electron chi connectivity index (χ1n) is 6.65. The summed E-state index contributed by atoms with van der Waals surface area (Å²) in [5, 5.41) is 12.6. The van der Waals surface area contributed by atoms with Crippen LogP contribution >= 0.6 is 11.3 Å². The van der Waals surface area contributed by atoms with Crippen molar-refractivity contribution in [2.75, 3.05) is 5.32 Å². The number of nitrogens with one attached hydrogen (secondary N) is 1. The second-order valence-electron chi connectivity index (χ2n) is 5.01. The third-order valence-electron chi connectivity index (χ3n) is 3.67. The number of anilines is 1. The first-order chi connectivity index (χ1) is 10.1. The molecular weight excluding hydrogens is 284 g/mol. The second-order valence-corrected chi connectivity index (χ2v) is 6.23. The van der Waals surface area contributed by atoms with Crippen molar-refractivity contribution in [3.05, 3.63) is 45.8 Å². The zero-order valence-electron chi connectivity index (χ0n) is 11.8. The Morgan fingerprint density at radius 3 is 2.90 bits per heavy atom. The van der Waals surface area contributed by atoms with Crippen molar-refractivity contribution >= 4 is 22.2 Å². The summed E-state index contributed by atoms with van der Waals surface area (Å²) in [5.74, 6) is 0.556. The van der Waals surface area contributed by atoms with Gasteiger partial charge in [-0.15, -0.1) is 11.3 Å². The van der Waals surface area contributed by atoms with Gasteiger partial charge in [0.2, 0.25) is 0 Å². The van der Waals surface area contributed by atoms with E-state index in [-0.39, 0.29) is 5.91 Å². The fraction of sp³-hybridized carbons (Fsp3) is 0.250. The van der Waals surface area contributed by atoms with Crippen LogP contribution in [0.15, 0.2) is 24.3 Å². The molecule has 1 N–H and O–H groups in total. The summed E-state index contributed by atoms with van der Waals surface area (Å²) in [4.78, 5) is 13.4. The molecule has 21 heavy (non-hydrogen) atoms. The maximum absolute atomic E-state index is 12.3. The fourth-order valence-electron chi connectivity index (χ4n) is 2.37. The number of aryl methyl sites for hydroxylation is 1. The number of carbonyl (C=O) groups excluding carboxylic acids is 1. The number of rotatable bonds is 2. The Kier molecular flexibility index (Phi) is 3.40. The molecule has 2 aromatic rings. The van der Waals surface area contributed by atoms with Crippen LogP contribution in [0.4, 0.5) is 5.00 Å². The van der Waals surface area contributed by atoms with E-state index in [0.29, 0.717) is 17.0 Å². The lowest BCUT2D eigenvalue weighted by atomic mass is 10.1. The molecule has 1 aliphatic rings. The monoisotopic (exact) mass is 298 g/mol. The molecule has 0 saturated heterocycles. The summed E-state index contributed by atoms with van der Waals surface area (Å²) >= 11 is 1.43. The van der Waals surface area contributed by atoms with Crippen molar-refractivity contribution in [2.24, 2.45) is 0 Å². The van der Waals surface area contributed by atoms with Gasteiger partial charge in [-0.25, -0.2) is 0 Å². The van der Waals surface area contributed by atoms with Crippen LogP contribution in [0.25, 0.3) is 0 Å². The molecule has 1 atom stereocenters. The van der Waals surface area contributed by atoms with Crippen LogP contribution < -0.4 is 10.1 Å². The Hall–Kier alpha value is -2.32. The largest absolute Gasteiger partial charge is 0.480 e. The Bertz CT molecular complexity index is 733. The minimum Gasteiger partial charge on any atom is -0.480 e. The minimum absolute atomic E-state index is 0.205. The maximum Gasteiger partial charge on any atom is 0.266 e. The van der Waals surface area contributed by atoms with Crippen LogP contribution in [-0.4, -0.2) is 12.0 Å². The number of nitrogens with zero attached hydrogens (tertiary/aromatic N) is 1. The number of benzene rings is 1. The maximum atomic E-state index is 12.3. The van der Waals surface area contributed by atoms with Crippen LogP contribution in [0, 0.1) is 25.2 Å². The zero-order chi connectivity index (χ0) is 15.0. The molecule has 1 aromatic heterocycles. The highest BCUT2D eigenvalue weighted by Crippen LogP contribution is 2.33. The molecule has 0 fully saturated rings. The topological polar surface area (TPSA) is 62.1 Å². The average Bonchev–Trinajstić information content (AvgIpc) is 3.01. The molecular formula is C16H14N2O2S. The summed E-state index contributed by atoms with van der Waals surface area (Å²) < 4.78 is 5.66. The first-order valence-corrected chi connectivity index (χ1v) is 7.47. The van der Waals surface area contributed by atoms with E-state index < -0.39 is 6.10 Å². The van der Waals surface area contributed by atoms with Gasteiger partial charge < -0.3 is 10.1 Å². The molecule has 0 aliphatic carbocycles. The Morgan fingerprint density at radius 1 is 1.43 bits per heavy atom. The third kappa shape index (κ3) is 2.39. The van der Waals surface area contributed by atoms with E-state index in [9.17, 15) is 10.1 Å². The number of amides is 1. The molecule has 0 spiro atoms. The van der Waals surface area contributed by atoms with E-state index in [2.05, 4.69) is 11.4 Å². The summed E-state index contributed by atoms with van der Waals surface area (Å²) in [6.45, 7) is 3.83. The van der Waals surface area contributed by atoms with Gasteiger partial charge in [-0.05, 0) is 31.0 Å². The number of ether oxygens (including phenoxy) is 1. The number of para-hydroxylation sites is 1. The summed E-state index contributed by atoms with van der Waals surface area (Å²) in [6.07, 6.45) is 0.0319. The van der Waals surface area contributed by atoms with Gasteiger partial charge in [-0.3, -0.25) is 4.79 Å². The highest BCUT2D eigenvalue weighted by atomic mass is 32.1. The molecule has 0 radical (unpaired) electrons. The molecule has 0 saturated carbocycles. The summed E-state index contributed by atoms with van der Waals surface area (Å²) in [5.41, 5.74) is 2.51. The molecule has 106 valence electrons. The molecule has 1 aromatic carbocycles. The standard InChI is InChI=1S/C16H14N2O2S/c1-9-10(2)21-16(12(9)8-17)18-15(19)14-7-11-5-3-4-6-13(11)20-14/h3-6,14H,7H2,1-2H3,(H,18,19)/t14-/m0/s1. The SMILES string of the molecule is Cc1sc(NC(=O)[C@@H]2Cc3ccccc3O2)c(C#N)c1C. The van der Waals surface area contributed by atoms with Crippen LogP contribution in [0.3, 0.4) is 0 Å². The van der Waals surface area contributed by atoms with Crippen molar-refractivity contribution in [2.45, 2.75) is 26.4 Å². The normalized spacial score (nSPS) is 16.0. The molecule has 2 heterocycles. The summed E-state index contributed by atoms with van der Waals surface area (Å²) in [6, 6.07) is 9.80. The number of carbonyl (C=O) groups is 1. The van der Waals surface area contributed by atoms with Gasteiger partial charge in [0.25, 0.3) is 5.91 Å². The first kappa shape index (κ1) is 13.7. The van der Waals surface area contributed by atoms with Gasteiger partial charge in [-0.1, -0.05) is 18.2 Å². The van der Waals surface area contributed by atoms with Crippen molar-refractivity contribution in [1.82, 2.24) is 0 Å². The van der Waals surface area contributed by atoms with Gasteiger partial charge in [0, 0.05) is 11.3 Å². The number of nitriles is 1. The van der Waals surface area contributed by atoms with Gasteiger partial charge in [0.1, 0.15) is 16.8 Å². The quantitative estimate of drug-likeness (QED) is 0.926. The highest BCUT2D eigenvalue weighted by molar-refractivity contribution is 7.16. The second kappa shape index (κ2) is 5.23. The van der Waals surface area contributed by atoms with Crippen LogP contribution in [0.1, 0.15) is 21.6 Å². The van der Waals surface area contributed by atoms with Crippen LogP contribution in [-0.2, 0) is 11.2 Å². The minimum atomic E-state index is -0.531. The molecule has 4 nitrogen and oxygen atoms in total. The molecule has 1 aliphatic heterocycles. The Balaban J connectivity index is 1.77. The fourth-order valence-corrected chi connectivity index (χ4v) is 3.38. The molecule has 3 rings (SSSR count). The van der Waals surface area contributed by atoms with Gasteiger partial charge >= 0.3 is 0 Å². The van der Waals surface area contributed by atoms with Gasteiger partial charge in [0.05, 0.1) is 5.56 Å². The summed E-state index contributed by atoms with van der Waals surface area (Å²) in [7, 11) is 0. The number of fused-ring (bicyclic) bond motifs is 1. The lowest BCUT2D eigenvalue weighted by Gasteiger charge is -2.10. The lowest BCUT2D eigenvalue weighted by Crippen LogP contribution is -2.31. The van der Waals surface area contributed by atoms with E-state index in [1.165, 1.54) is 11.3 Å². The number of hydrogen-bond acceptors (Lipinski definition) is 4. The number of thiophene rings is 1. The van der Waals surface area contributed by atoms with E-state index in [0.717, 1.165) is 21.8 Å². The van der Waals surface area contributed by atoms with Crippen molar-refractivity contribution in [3.8, 4) is 11.8 Å². The number of hydrogen-bond donors (Lipinski definition) is 1. The van der Waals surface area contributed by atoms with Gasteiger partial charge in [-0.2, -0.15) is 5.26 Å². The van der Waals surface area contributed by atoms with Gasteiger partial charge in [0.15, 0.2) is 6.10 Å². The van der Waals surface area contributed by atoms with E-state index in [1.807, 2.05) is 38.1 Å².